The van der Waals surface area contributed by atoms with E-state index in [2.05, 4.69) is 267 Å². The number of rotatable bonds is 5. The zero-order chi connectivity index (χ0) is 50.8. The van der Waals surface area contributed by atoms with Crippen LogP contribution in [0.3, 0.4) is 0 Å². The third-order valence-corrected chi connectivity index (χ3v) is 17.7. The maximum Gasteiger partial charge on any atom is 0.252 e. The second kappa shape index (κ2) is 16.9. The van der Waals surface area contributed by atoms with E-state index in [0.29, 0.717) is 0 Å². The molecule has 4 aliphatic rings. The van der Waals surface area contributed by atoms with E-state index in [1.807, 2.05) is 0 Å². The molecule has 1 aliphatic carbocycles. The van der Waals surface area contributed by atoms with Gasteiger partial charge in [0.05, 0.1) is 11.2 Å². The van der Waals surface area contributed by atoms with Crippen molar-refractivity contribution >= 4 is 68.6 Å². The van der Waals surface area contributed by atoms with Crippen LogP contribution < -0.4 is 31.1 Å². The number of para-hydroxylation sites is 1. The van der Waals surface area contributed by atoms with Crippen molar-refractivity contribution in [1.82, 2.24) is 0 Å². The Balaban J connectivity index is 1.18. The number of fused-ring (bicyclic) bond motifs is 7. The molecule has 4 heteroatoms. The summed E-state index contributed by atoms with van der Waals surface area (Å²) in [5.41, 5.74) is 24.1. The molecule has 0 aromatic heterocycles. The quantitative estimate of drug-likeness (QED) is 0.159. The molecule has 0 N–H and O–H groups in total. The van der Waals surface area contributed by atoms with E-state index in [1.54, 1.807) is 0 Å². The molecule has 366 valence electrons. The molecule has 0 radical (unpaired) electrons. The average molecular weight is 954 g/mol. The summed E-state index contributed by atoms with van der Waals surface area (Å²) in [6.07, 6.45) is 6.15. The van der Waals surface area contributed by atoms with Crippen LogP contribution in [0.2, 0.25) is 0 Å². The van der Waals surface area contributed by atoms with Crippen LogP contribution in [0.1, 0.15) is 131 Å². The number of anilines is 8. The van der Waals surface area contributed by atoms with Gasteiger partial charge in [-0.1, -0.05) is 204 Å². The van der Waals surface area contributed by atoms with E-state index in [9.17, 15) is 0 Å². The molecule has 1 fully saturated rings. The molecule has 8 aromatic carbocycles. The number of benzene rings is 8. The van der Waals surface area contributed by atoms with Gasteiger partial charge in [0.25, 0.3) is 6.71 Å². The molecule has 0 bridgehead atoms. The van der Waals surface area contributed by atoms with Crippen molar-refractivity contribution in [2.45, 2.75) is 135 Å². The first-order valence-electron chi connectivity index (χ1n) is 27.2. The van der Waals surface area contributed by atoms with Crippen molar-refractivity contribution in [2.24, 2.45) is 0 Å². The second-order valence-electron chi connectivity index (χ2n) is 25.3. The van der Waals surface area contributed by atoms with Crippen molar-refractivity contribution in [3.63, 3.8) is 0 Å². The minimum atomic E-state index is -0.149. The highest BCUT2D eigenvalue weighted by Crippen LogP contribution is 2.60. The third-order valence-electron chi connectivity index (χ3n) is 17.7. The Hall–Kier alpha value is -6.78. The zero-order valence-electron chi connectivity index (χ0n) is 45.2. The first-order valence-corrected chi connectivity index (χ1v) is 27.2. The highest BCUT2D eigenvalue weighted by molar-refractivity contribution is 7.00. The normalized spacial score (nSPS) is 19.2. The molecule has 2 atom stereocenters. The lowest BCUT2D eigenvalue weighted by Gasteiger charge is -2.48. The largest absolute Gasteiger partial charge is 0.334 e. The summed E-state index contributed by atoms with van der Waals surface area (Å²) < 4.78 is 0. The van der Waals surface area contributed by atoms with Crippen molar-refractivity contribution < 1.29 is 0 Å². The highest BCUT2D eigenvalue weighted by Gasteiger charge is 2.57. The summed E-state index contributed by atoms with van der Waals surface area (Å²) in [5, 5.41) is 0. The van der Waals surface area contributed by atoms with E-state index in [0.717, 1.165) is 6.42 Å². The fourth-order valence-electron chi connectivity index (χ4n) is 13.3. The van der Waals surface area contributed by atoms with Crippen LogP contribution in [-0.4, -0.2) is 12.3 Å². The van der Waals surface area contributed by atoms with E-state index >= 15 is 0 Å². The van der Waals surface area contributed by atoms with Gasteiger partial charge in [-0.2, -0.15) is 0 Å². The zero-order valence-corrected chi connectivity index (χ0v) is 45.2. The minimum absolute atomic E-state index is 0.0194. The van der Waals surface area contributed by atoms with Crippen molar-refractivity contribution in [1.29, 1.82) is 0 Å². The summed E-state index contributed by atoms with van der Waals surface area (Å²) in [4.78, 5) is 8.06. The Kier molecular flexibility index (Phi) is 10.9. The van der Waals surface area contributed by atoms with E-state index in [-0.39, 0.29) is 33.9 Å². The molecular weight excluding hydrogens is 882 g/mol. The van der Waals surface area contributed by atoms with Crippen LogP contribution in [-0.2, 0) is 21.7 Å². The smallest absolute Gasteiger partial charge is 0.252 e. The van der Waals surface area contributed by atoms with Gasteiger partial charge in [0, 0.05) is 50.8 Å². The lowest BCUT2D eigenvalue weighted by atomic mass is 9.33. The Morgan fingerprint density at radius 1 is 0.397 bits per heavy atom. The summed E-state index contributed by atoms with van der Waals surface area (Å²) in [6, 6.07) is 68.2. The SMILES string of the molecule is CC(C)(C)c1ccc(N2c3cc(N4c5ccccc5C5(C)CCCCCC45C)ccc3B3c4cc(-c5ccccc5)ccc4N(c4ccc(C(C)(C)C)cc4-c4ccccc4)c4cc(C(C)(C)C)cc2c43)cc1. The maximum atomic E-state index is 2.78. The molecule has 2 unspecified atom stereocenters. The maximum absolute atomic E-state index is 2.78. The summed E-state index contributed by atoms with van der Waals surface area (Å²) in [7, 11) is 0. The highest BCUT2D eigenvalue weighted by atomic mass is 15.3. The van der Waals surface area contributed by atoms with Crippen LogP contribution in [0.5, 0.6) is 0 Å². The van der Waals surface area contributed by atoms with Gasteiger partial charge in [0.15, 0.2) is 0 Å². The lowest BCUT2D eigenvalue weighted by molar-refractivity contribution is 0.261. The Morgan fingerprint density at radius 3 is 1.67 bits per heavy atom. The minimum Gasteiger partial charge on any atom is -0.334 e. The average Bonchev–Trinajstić information content (AvgIpc) is 3.44. The summed E-state index contributed by atoms with van der Waals surface area (Å²) >= 11 is 0. The topological polar surface area (TPSA) is 9.72 Å². The van der Waals surface area contributed by atoms with Crippen LogP contribution >= 0.6 is 0 Å². The van der Waals surface area contributed by atoms with E-state index in [1.165, 1.54) is 132 Å². The number of hydrogen-bond donors (Lipinski definition) is 0. The second-order valence-corrected chi connectivity index (χ2v) is 25.3. The van der Waals surface area contributed by atoms with Gasteiger partial charge in [-0.25, -0.2) is 0 Å². The van der Waals surface area contributed by atoms with Crippen molar-refractivity contribution in [3.05, 3.63) is 198 Å². The van der Waals surface area contributed by atoms with Gasteiger partial charge in [0.2, 0.25) is 0 Å². The van der Waals surface area contributed by atoms with Gasteiger partial charge < -0.3 is 14.7 Å². The predicted octanol–water partition coefficient (Wildman–Crippen LogP) is 17.1. The van der Waals surface area contributed by atoms with E-state index < -0.39 is 0 Å². The van der Waals surface area contributed by atoms with Crippen LogP contribution in [0.4, 0.5) is 45.5 Å². The Labute approximate surface area is 437 Å². The van der Waals surface area contributed by atoms with Crippen LogP contribution in [0, 0.1) is 0 Å². The Bertz CT molecular complexity index is 3430. The van der Waals surface area contributed by atoms with Crippen molar-refractivity contribution in [2.75, 3.05) is 14.7 Å². The van der Waals surface area contributed by atoms with Gasteiger partial charge in [0.1, 0.15) is 0 Å². The molecule has 0 spiro atoms. The third kappa shape index (κ3) is 7.52. The standard InChI is InChI=1S/C69H72BN3/c1-65(2,3)49-30-33-52(34-31-49)71-61-45-53(73-59-28-20-19-27-55(59)68(10)39-21-14-22-40-69(68,73)11)35-36-56(61)70-57-41-48(46-23-15-12-16-24-46)29-37-60(57)72(63-44-51(67(7,8)9)43-62(71)64(63)70)58-38-32-50(66(4,5)6)42-54(58)47-25-17-13-18-26-47/h12-13,15-20,23-38,41-45H,14,21-22,39-40H2,1-11H3. The van der Waals surface area contributed by atoms with Crippen LogP contribution in [0.15, 0.2) is 176 Å². The fourth-order valence-corrected chi connectivity index (χ4v) is 13.3. The molecule has 3 heterocycles. The summed E-state index contributed by atoms with van der Waals surface area (Å²) in [6.45, 7) is 26.2. The molecule has 12 rings (SSSR count). The van der Waals surface area contributed by atoms with Crippen molar-refractivity contribution in [3.8, 4) is 22.3 Å². The molecule has 73 heavy (non-hydrogen) atoms. The first kappa shape index (κ1) is 47.2. The van der Waals surface area contributed by atoms with Gasteiger partial charge >= 0.3 is 0 Å². The number of hydrogen-bond acceptors (Lipinski definition) is 3. The lowest BCUT2D eigenvalue weighted by Crippen LogP contribution is -2.61. The Morgan fingerprint density at radius 2 is 0.986 bits per heavy atom. The molecule has 0 amide bonds. The molecular formula is C69H72BN3. The molecule has 8 aromatic rings. The van der Waals surface area contributed by atoms with Gasteiger partial charge in [-0.05, 0) is 152 Å². The monoisotopic (exact) mass is 954 g/mol. The van der Waals surface area contributed by atoms with Crippen LogP contribution in [0.25, 0.3) is 22.3 Å². The molecule has 0 saturated heterocycles. The van der Waals surface area contributed by atoms with Gasteiger partial charge in [-0.15, -0.1) is 0 Å². The fraction of sp³-hybridized carbons (Fsp3) is 0.304. The number of nitrogens with zero attached hydrogens (tertiary/aromatic N) is 3. The molecule has 3 aliphatic heterocycles. The molecule has 1 saturated carbocycles. The summed E-state index contributed by atoms with van der Waals surface area (Å²) in [5.74, 6) is 0. The van der Waals surface area contributed by atoms with E-state index in [4.69, 9.17) is 0 Å². The predicted molar refractivity (Wildman–Crippen MR) is 315 cm³/mol. The van der Waals surface area contributed by atoms with Gasteiger partial charge in [-0.3, -0.25) is 0 Å². The first-order chi connectivity index (χ1) is 34.8. The molecule has 3 nitrogen and oxygen atoms in total.